The third-order valence-electron chi connectivity index (χ3n) is 6.30. The summed E-state index contributed by atoms with van der Waals surface area (Å²) < 4.78 is 10.9. The zero-order chi connectivity index (χ0) is 19.6. The largest absolute Gasteiger partial charge is 0.489 e. The number of carbonyl (C=O) groups excluding carboxylic acids is 2. The Balaban J connectivity index is 1.56. The van der Waals surface area contributed by atoms with Gasteiger partial charge in [0.15, 0.2) is 0 Å². The number of fused-ring (bicyclic) bond motifs is 2. The summed E-state index contributed by atoms with van der Waals surface area (Å²) in [7, 11) is 1.35. The van der Waals surface area contributed by atoms with Gasteiger partial charge in [0.25, 0.3) is 0 Å². The van der Waals surface area contributed by atoms with Crippen LogP contribution in [-0.2, 0) is 32.8 Å². The molecular weight excluding hydrogens is 352 g/mol. The first-order valence-corrected chi connectivity index (χ1v) is 10.0. The van der Waals surface area contributed by atoms with Gasteiger partial charge in [-0.15, -0.1) is 0 Å². The number of methoxy groups -OCH3 is 1. The van der Waals surface area contributed by atoms with Crippen LogP contribution in [-0.4, -0.2) is 18.9 Å². The van der Waals surface area contributed by atoms with E-state index in [0.717, 1.165) is 37.0 Å². The monoisotopic (exact) mass is 378 g/mol. The molecule has 0 amide bonds. The normalized spacial score (nSPS) is 23.9. The molecule has 28 heavy (non-hydrogen) atoms. The van der Waals surface area contributed by atoms with E-state index in [4.69, 9.17) is 9.47 Å². The summed E-state index contributed by atoms with van der Waals surface area (Å²) in [6, 6.07) is 16.4. The highest BCUT2D eigenvalue weighted by Gasteiger charge is 2.46. The van der Waals surface area contributed by atoms with Gasteiger partial charge in [-0.05, 0) is 60.9 Å². The first-order valence-electron chi connectivity index (χ1n) is 10.0. The summed E-state index contributed by atoms with van der Waals surface area (Å²) in [4.78, 5) is 24.6. The molecule has 0 radical (unpaired) electrons. The summed E-state index contributed by atoms with van der Waals surface area (Å²) in [5, 5.41) is 0. The van der Waals surface area contributed by atoms with Crippen molar-refractivity contribution in [3.05, 3.63) is 65.2 Å². The zero-order valence-corrected chi connectivity index (χ0v) is 16.3. The Morgan fingerprint density at radius 1 is 1.14 bits per heavy atom. The number of ether oxygens (including phenoxy) is 2. The zero-order valence-electron chi connectivity index (χ0n) is 16.3. The second-order valence-electron chi connectivity index (χ2n) is 7.98. The fourth-order valence-electron chi connectivity index (χ4n) is 4.81. The lowest BCUT2D eigenvalue weighted by Crippen LogP contribution is -2.42. The van der Waals surface area contributed by atoms with Gasteiger partial charge in [-0.1, -0.05) is 36.4 Å². The molecule has 146 valence electrons. The maximum atomic E-state index is 12.7. The Labute approximate surface area is 165 Å². The van der Waals surface area contributed by atoms with Crippen LogP contribution in [0.3, 0.4) is 0 Å². The number of Topliss-reactive ketones (excluding diaryl/α,β-unsaturated/α-hetero) is 1. The number of aryl methyl sites for hydroxylation is 1. The van der Waals surface area contributed by atoms with Crippen molar-refractivity contribution in [3.63, 3.8) is 0 Å². The lowest BCUT2D eigenvalue weighted by atomic mass is 9.60. The van der Waals surface area contributed by atoms with Crippen molar-refractivity contribution < 1.29 is 19.1 Å². The molecule has 0 aromatic heterocycles. The van der Waals surface area contributed by atoms with Gasteiger partial charge in [0.05, 0.1) is 7.11 Å². The van der Waals surface area contributed by atoms with Crippen molar-refractivity contribution in [2.24, 2.45) is 5.92 Å². The summed E-state index contributed by atoms with van der Waals surface area (Å²) >= 11 is 0. The summed E-state index contributed by atoms with van der Waals surface area (Å²) in [6.07, 6.45) is 4.93. The molecule has 1 fully saturated rings. The van der Waals surface area contributed by atoms with Gasteiger partial charge in [0, 0.05) is 11.8 Å². The van der Waals surface area contributed by atoms with E-state index >= 15 is 0 Å². The van der Waals surface area contributed by atoms with Crippen LogP contribution < -0.4 is 4.74 Å². The van der Waals surface area contributed by atoms with E-state index in [1.54, 1.807) is 0 Å². The number of hydrogen-bond donors (Lipinski definition) is 0. The third-order valence-corrected chi connectivity index (χ3v) is 6.30. The molecule has 0 bridgehead atoms. The highest BCUT2D eigenvalue weighted by atomic mass is 16.5. The minimum atomic E-state index is -0.599. The molecule has 2 aromatic rings. The Hall–Kier alpha value is -2.62. The Morgan fingerprint density at radius 2 is 1.96 bits per heavy atom. The Morgan fingerprint density at radius 3 is 2.71 bits per heavy atom. The minimum Gasteiger partial charge on any atom is -0.489 e. The van der Waals surface area contributed by atoms with Gasteiger partial charge in [-0.3, -0.25) is 9.59 Å². The first-order chi connectivity index (χ1) is 13.6. The third kappa shape index (κ3) is 3.56. The van der Waals surface area contributed by atoms with Gasteiger partial charge >= 0.3 is 5.97 Å². The van der Waals surface area contributed by atoms with Crippen molar-refractivity contribution in [2.45, 2.75) is 50.5 Å². The van der Waals surface area contributed by atoms with Crippen LogP contribution in [0, 0.1) is 5.92 Å². The summed E-state index contributed by atoms with van der Waals surface area (Å²) in [5.74, 6) is -0.137. The van der Waals surface area contributed by atoms with Gasteiger partial charge in [-0.2, -0.15) is 0 Å². The lowest BCUT2D eigenvalue weighted by molar-refractivity contribution is -0.151. The molecule has 2 unspecified atom stereocenters. The second-order valence-corrected chi connectivity index (χ2v) is 7.98. The number of carbonyl (C=O) groups is 2. The van der Waals surface area contributed by atoms with Crippen molar-refractivity contribution in [1.82, 2.24) is 0 Å². The van der Waals surface area contributed by atoms with E-state index in [1.165, 1.54) is 18.2 Å². The molecule has 0 aliphatic heterocycles. The van der Waals surface area contributed by atoms with E-state index < -0.39 is 11.9 Å². The molecule has 1 saturated carbocycles. The average Bonchev–Trinajstić information content (AvgIpc) is 2.73. The highest BCUT2D eigenvalue weighted by Crippen LogP contribution is 2.48. The minimum absolute atomic E-state index is 0.0153. The smallest absolute Gasteiger partial charge is 0.316 e. The average molecular weight is 378 g/mol. The number of rotatable bonds is 4. The van der Waals surface area contributed by atoms with Crippen LogP contribution in [0.15, 0.2) is 48.5 Å². The van der Waals surface area contributed by atoms with Gasteiger partial charge in [-0.25, -0.2) is 0 Å². The molecule has 2 atom stereocenters. The van der Waals surface area contributed by atoms with Crippen LogP contribution in [0.2, 0.25) is 0 Å². The molecule has 2 aliphatic rings. The summed E-state index contributed by atoms with van der Waals surface area (Å²) in [5.41, 5.74) is 3.51. The number of ketones is 1. The molecule has 1 spiro atoms. The van der Waals surface area contributed by atoms with Crippen molar-refractivity contribution in [2.75, 3.05) is 7.11 Å². The van der Waals surface area contributed by atoms with E-state index in [9.17, 15) is 9.59 Å². The van der Waals surface area contributed by atoms with Crippen LogP contribution in [0.4, 0.5) is 0 Å². The molecule has 4 heteroatoms. The number of hydrogen-bond acceptors (Lipinski definition) is 4. The molecule has 4 nitrogen and oxygen atoms in total. The van der Waals surface area contributed by atoms with Crippen LogP contribution in [0.5, 0.6) is 5.75 Å². The second kappa shape index (κ2) is 7.78. The fourth-order valence-corrected chi connectivity index (χ4v) is 4.81. The molecule has 0 heterocycles. The van der Waals surface area contributed by atoms with E-state index in [0.29, 0.717) is 19.4 Å². The van der Waals surface area contributed by atoms with E-state index in [-0.39, 0.29) is 11.2 Å². The SMILES string of the molecule is COC(=O)C1CCC2(CCCc3ccc(OCc4ccccc4)cc32)CC1=O. The van der Waals surface area contributed by atoms with Gasteiger partial charge in [0.2, 0.25) is 0 Å². The van der Waals surface area contributed by atoms with Crippen molar-refractivity contribution in [3.8, 4) is 5.75 Å². The topological polar surface area (TPSA) is 52.6 Å². The van der Waals surface area contributed by atoms with Crippen LogP contribution in [0.1, 0.15) is 48.8 Å². The van der Waals surface area contributed by atoms with E-state index in [2.05, 4.69) is 12.1 Å². The maximum Gasteiger partial charge on any atom is 0.316 e. The molecule has 0 saturated heterocycles. The molecule has 4 rings (SSSR count). The number of benzene rings is 2. The van der Waals surface area contributed by atoms with Crippen LogP contribution in [0.25, 0.3) is 0 Å². The number of esters is 1. The Kier molecular flexibility index (Phi) is 5.21. The molecule has 0 N–H and O–H groups in total. The Bertz CT molecular complexity index is 873. The maximum absolute atomic E-state index is 12.7. The van der Waals surface area contributed by atoms with Crippen molar-refractivity contribution in [1.29, 1.82) is 0 Å². The van der Waals surface area contributed by atoms with Crippen LogP contribution >= 0.6 is 0 Å². The lowest BCUT2D eigenvalue weighted by Gasteiger charge is -2.43. The molecule has 2 aromatic carbocycles. The van der Waals surface area contributed by atoms with Gasteiger partial charge < -0.3 is 9.47 Å². The first kappa shape index (κ1) is 18.7. The van der Waals surface area contributed by atoms with E-state index in [1.807, 2.05) is 36.4 Å². The standard InChI is InChI=1S/C24H26O4/c1-27-23(26)20-11-13-24(15-22(20)25)12-5-8-18-9-10-19(14-21(18)24)28-16-17-6-3-2-4-7-17/h2-4,6-7,9-10,14,20H,5,8,11-13,15-16H2,1H3. The quantitative estimate of drug-likeness (QED) is 0.585. The predicted molar refractivity (Wildman–Crippen MR) is 106 cm³/mol. The molecular formula is C24H26O4. The summed E-state index contributed by atoms with van der Waals surface area (Å²) in [6.45, 7) is 0.524. The predicted octanol–water partition coefficient (Wildman–Crippen LogP) is 4.38. The van der Waals surface area contributed by atoms with Crippen molar-refractivity contribution >= 4 is 11.8 Å². The highest BCUT2D eigenvalue weighted by molar-refractivity contribution is 6.00. The fraction of sp³-hybridized carbons (Fsp3) is 0.417. The van der Waals surface area contributed by atoms with Gasteiger partial charge in [0.1, 0.15) is 24.1 Å². The molecule has 2 aliphatic carbocycles.